The first-order chi connectivity index (χ1) is 11.8. The topological polar surface area (TPSA) is 71.4 Å². The lowest BCUT2D eigenvalue weighted by atomic mass is 9.85. The SMILES string of the molecule is Cc1nn(-c2ccccc2)c2oc3c(O)c(C(C)(C)C)cc(O)c3c12. The second kappa shape index (κ2) is 5.02. The number of phenolic OH excluding ortho intramolecular Hbond substituents is 2. The summed E-state index contributed by atoms with van der Waals surface area (Å²) in [5, 5.41) is 27.1. The number of fused-ring (bicyclic) bond motifs is 3. The van der Waals surface area contributed by atoms with E-state index in [0.717, 1.165) is 11.4 Å². The van der Waals surface area contributed by atoms with Crippen molar-refractivity contribution >= 4 is 22.1 Å². The van der Waals surface area contributed by atoms with E-state index in [1.807, 2.05) is 58.0 Å². The van der Waals surface area contributed by atoms with Gasteiger partial charge in [-0.25, -0.2) is 0 Å². The first kappa shape index (κ1) is 15.6. The molecule has 0 fully saturated rings. The summed E-state index contributed by atoms with van der Waals surface area (Å²) in [5.74, 6) is 0.155. The van der Waals surface area contributed by atoms with Crippen LogP contribution in [-0.4, -0.2) is 20.0 Å². The third-order valence-electron chi connectivity index (χ3n) is 4.51. The summed E-state index contributed by atoms with van der Waals surface area (Å²) in [6.45, 7) is 7.80. The minimum absolute atomic E-state index is 0.0653. The number of furan rings is 1. The van der Waals surface area contributed by atoms with Gasteiger partial charge in [0.05, 0.1) is 22.2 Å². The molecular formula is C20H20N2O3. The number of aromatic hydroxyl groups is 2. The molecule has 2 aromatic carbocycles. The summed E-state index contributed by atoms with van der Waals surface area (Å²) in [5.41, 5.74) is 2.71. The van der Waals surface area contributed by atoms with E-state index >= 15 is 0 Å². The second-order valence-corrected chi connectivity index (χ2v) is 7.36. The highest BCUT2D eigenvalue weighted by Gasteiger charge is 2.27. The monoisotopic (exact) mass is 336 g/mol. The Bertz CT molecular complexity index is 1100. The Morgan fingerprint density at radius 3 is 2.36 bits per heavy atom. The third kappa shape index (κ3) is 2.19. The number of phenols is 2. The molecule has 5 heteroatoms. The molecule has 0 radical (unpaired) electrons. The lowest BCUT2D eigenvalue weighted by molar-refractivity contribution is 0.433. The Morgan fingerprint density at radius 1 is 1.04 bits per heavy atom. The molecule has 0 aliphatic rings. The first-order valence-corrected chi connectivity index (χ1v) is 8.21. The van der Waals surface area contributed by atoms with Gasteiger partial charge in [0.2, 0.25) is 5.71 Å². The van der Waals surface area contributed by atoms with Gasteiger partial charge in [0.1, 0.15) is 5.75 Å². The van der Waals surface area contributed by atoms with E-state index in [0.29, 0.717) is 27.6 Å². The van der Waals surface area contributed by atoms with Crippen LogP contribution in [0.1, 0.15) is 32.0 Å². The Hall–Kier alpha value is -2.95. The van der Waals surface area contributed by atoms with Crippen molar-refractivity contribution in [3.8, 4) is 17.2 Å². The quantitative estimate of drug-likeness (QED) is 0.490. The second-order valence-electron chi connectivity index (χ2n) is 7.36. The molecule has 25 heavy (non-hydrogen) atoms. The molecule has 0 aliphatic heterocycles. The average molecular weight is 336 g/mol. The Labute approximate surface area is 145 Å². The van der Waals surface area contributed by atoms with E-state index in [1.165, 1.54) is 0 Å². The normalized spacial score (nSPS) is 12.3. The van der Waals surface area contributed by atoms with Crippen LogP contribution in [0.5, 0.6) is 11.5 Å². The zero-order valence-corrected chi connectivity index (χ0v) is 14.7. The number of hydrogen-bond donors (Lipinski definition) is 2. The van der Waals surface area contributed by atoms with Crippen molar-refractivity contribution in [1.82, 2.24) is 9.78 Å². The van der Waals surface area contributed by atoms with Crippen LogP contribution >= 0.6 is 0 Å². The smallest absolute Gasteiger partial charge is 0.231 e. The lowest BCUT2D eigenvalue weighted by Gasteiger charge is -2.20. The maximum absolute atomic E-state index is 10.7. The van der Waals surface area contributed by atoms with Crippen molar-refractivity contribution in [1.29, 1.82) is 0 Å². The van der Waals surface area contributed by atoms with E-state index < -0.39 is 0 Å². The molecule has 128 valence electrons. The summed E-state index contributed by atoms with van der Waals surface area (Å²) in [6, 6.07) is 11.3. The lowest BCUT2D eigenvalue weighted by Crippen LogP contribution is -2.11. The summed E-state index contributed by atoms with van der Waals surface area (Å²) >= 11 is 0. The molecule has 0 amide bonds. The molecule has 4 aromatic rings. The van der Waals surface area contributed by atoms with Gasteiger partial charge < -0.3 is 14.6 Å². The molecule has 5 nitrogen and oxygen atoms in total. The van der Waals surface area contributed by atoms with Crippen LogP contribution in [0, 0.1) is 6.92 Å². The Kier molecular flexibility index (Phi) is 3.13. The van der Waals surface area contributed by atoms with Crippen molar-refractivity contribution < 1.29 is 14.6 Å². The van der Waals surface area contributed by atoms with E-state index in [1.54, 1.807) is 10.7 Å². The fraction of sp³-hybridized carbons (Fsp3) is 0.250. The number of nitrogens with zero attached hydrogens (tertiary/aromatic N) is 2. The summed E-state index contributed by atoms with van der Waals surface area (Å²) in [7, 11) is 0. The number of hydrogen-bond acceptors (Lipinski definition) is 4. The zero-order valence-electron chi connectivity index (χ0n) is 14.7. The highest BCUT2D eigenvalue weighted by Crippen LogP contribution is 2.46. The van der Waals surface area contributed by atoms with E-state index in [4.69, 9.17) is 4.42 Å². The van der Waals surface area contributed by atoms with Gasteiger partial charge in [0.25, 0.3) is 0 Å². The highest BCUT2D eigenvalue weighted by atomic mass is 16.4. The largest absolute Gasteiger partial charge is 0.507 e. The number of benzene rings is 2. The van der Waals surface area contributed by atoms with Crippen LogP contribution < -0.4 is 0 Å². The van der Waals surface area contributed by atoms with Crippen molar-refractivity contribution in [2.24, 2.45) is 0 Å². The van der Waals surface area contributed by atoms with Gasteiger partial charge in [-0.1, -0.05) is 39.0 Å². The molecule has 0 unspecified atom stereocenters. The number of para-hydroxylation sites is 1. The Balaban J connectivity index is 2.13. The van der Waals surface area contributed by atoms with Crippen molar-refractivity contribution in [3.05, 3.63) is 47.7 Å². The van der Waals surface area contributed by atoms with Crippen molar-refractivity contribution in [2.75, 3.05) is 0 Å². The average Bonchev–Trinajstić information content (AvgIpc) is 3.09. The molecule has 2 heterocycles. The number of aryl methyl sites for hydroxylation is 1. The number of aromatic nitrogens is 2. The van der Waals surface area contributed by atoms with Gasteiger partial charge in [-0.15, -0.1) is 0 Å². The molecule has 0 bridgehead atoms. The molecule has 0 atom stereocenters. The fourth-order valence-electron chi connectivity index (χ4n) is 3.28. The molecule has 4 rings (SSSR count). The van der Waals surface area contributed by atoms with E-state index in [-0.39, 0.29) is 16.9 Å². The van der Waals surface area contributed by atoms with Crippen molar-refractivity contribution in [2.45, 2.75) is 33.1 Å². The molecule has 2 aromatic heterocycles. The van der Waals surface area contributed by atoms with Crippen LogP contribution in [0.3, 0.4) is 0 Å². The van der Waals surface area contributed by atoms with Gasteiger partial charge in [-0.3, -0.25) is 0 Å². The summed E-state index contributed by atoms with van der Waals surface area (Å²) in [4.78, 5) is 0. The van der Waals surface area contributed by atoms with Gasteiger partial charge >= 0.3 is 0 Å². The van der Waals surface area contributed by atoms with E-state index in [9.17, 15) is 10.2 Å². The molecule has 2 N–H and O–H groups in total. The predicted molar refractivity (Wildman–Crippen MR) is 97.6 cm³/mol. The molecule has 0 saturated heterocycles. The maximum Gasteiger partial charge on any atom is 0.231 e. The minimum atomic E-state index is -0.324. The van der Waals surface area contributed by atoms with Gasteiger partial charge in [0, 0.05) is 5.56 Å². The maximum atomic E-state index is 10.7. The van der Waals surface area contributed by atoms with Gasteiger partial charge in [-0.05, 0) is 30.5 Å². The molecule has 0 spiro atoms. The van der Waals surface area contributed by atoms with Crippen LogP contribution in [-0.2, 0) is 5.41 Å². The van der Waals surface area contributed by atoms with Gasteiger partial charge in [0.15, 0.2) is 11.3 Å². The van der Waals surface area contributed by atoms with Gasteiger partial charge in [-0.2, -0.15) is 9.78 Å². The van der Waals surface area contributed by atoms with E-state index in [2.05, 4.69) is 5.10 Å². The Morgan fingerprint density at radius 2 is 1.72 bits per heavy atom. The molecule has 0 aliphatic carbocycles. The van der Waals surface area contributed by atoms with Crippen molar-refractivity contribution in [3.63, 3.8) is 0 Å². The minimum Gasteiger partial charge on any atom is -0.507 e. The standard InChI is InChI=1S/C20H20N2O3/c1-11-15-16-14(23)10-13(20(2,3)4)17(24)18(16)25-19(15)22(21-11)12-8-6-5-7-9-12/h5-10,23-24H,1-4H3. The van der Waals surface area contributed by atoms with Crippen LogP contribution in [0.4, 0.5) is 0 Å². The zero-order chi connectivity index (χ0) is 17.9. The summed E-state index contributed by atoms with van der Waals surface area (Å²) in [6.07, 6.45) is 0. The fourth-order valence-corrected chi connectivity index (χ4v) is 3.28. The predicted octanol–water partition coefficient (Wildman–Crippen LogP) is 4.79. The third-order valence-corrected chi connectivity index (χ3v) is 4.51. The summed E-state index contributed by atoms with van der Waals surface area (Å²) < 4.78 is 7.69. The highest BCUT2D eigenvalue weighted by molar-refractivity contribution is 6.11. The van der Waals surface area contributed by atoms with Crippen LogP contribution in [0.25, 0.3) is 27.8 Å². The molecule has 0 saturated carbocycles. The number of rotatable bonds is 1. The van der Waals surface area contributed by atoms with Crippen LogP contribution in [0.15, 0.2) is 40.8 Å². The first-order valence-electron chi connectivity index (χ1n) is 8.21. The molecular weight excluding hydrogens is 316 g/mol. The van der Waals surface area contributed by atoms with Crippen LogP contribution in [0.2, 0.25) is 0 Å².